The third-order valence-electron chi connectivity index (χ3n) is 5.37. The van der Waals surface area contributed by atoms with Crippen molar-refractivity contribution in [2.24, 2.45) is 12.0 Å². The summed E-state index contributed by atoms with van der Waals surface area (Å²) in [4.78, 5) is 16.7. The maximum atomic E-state index is 13.8. The zero-order chi connectivity index (χ0) is 23.0. The Balaban J connectivity index is 1.99. The van der Waals surface area contributed by atoms with E-state index in [0.29, 0.717) is 22.8 Å². The van der Waals surface area contributed by atoms with Gasteiger partial charge < -0.3 is 4.57 Å². The molecule has 1 aliphatic rings. The van der Waals surface area contributed by atoms with Crippen molar-refractivity contribution < 1.29 is 17.6 Å². The monoisotopic (exact) mass is 460 g/mol. The summed E-state index contributed by atoms with van der Waals surface area (Å²) in [5, 5.41) is 0. The normalized spacial score (nSPS) is 13.2. The molecular formula is C24H20F4N2OS. The second kappa shape index (κ2) is 8.58. The fourth-order valence-electron chi connectivity index (χ4n) is 3.81. The number of pyridine rings is 1. The summed E-state index contributed by atoms with van der Waals surface area (Å²) in [5.41, 5.74) is 2.28. The highest BCUT2D eigenvalue weighted by Gasteiger charge is 2.36. The summed E-state index contributed by atoms with van der Waals surface area (Å²) in [6.07, 6.45) is -3.05. The maximum Gasteiger partial charge on any atom is 0.417 e. The van der Waals surface area contributed by atoms with Crippen LogP contribution < -0.4 is 5.56 Å². The van der Waals surface area contributed by atoms with Gasteiger partial charge in [0.1, 0.15) is 5.82 Å². The van der Waals surface area contributed by atoms with Gasteiger partial charge in [-0.05, 0) is 46.7 Å². The molecular weight excluding hydrogens is 440 g/mol. The van der Waals surface area contributed by atoms with E-state index >= 15 is 0 Å². The van der Waals surface area contributed by atoms with Crippen LogP contribution in [0, 0.1) is 5.82 Å². The SMILES string of the molecule is CCSCc1ccc2c(c1)-c1cn(C)c(=O)cc1CN=C2c1ccc(F)cc1C(F)(F)F. The first kappa shape index (κ1) is 22.3. The van der Waals surface area contributed by atoms with Gasteiger partial charge in [0.05, 0.1) is 17.8 Å². The van der Waals surface area contributed by atoms with E-state index in [-0.39, 0.29) is 23.4 Å². The van der Waals surface area contributed by atoms with Crippen LogP contribution in [0.5, 0.6) is 0 Å². The van der Waals surface area contributed by atoms with Crippen LogP contribution >= 0.6 is 11.8 Å². The average Bonchev–Trinajstić information content (AvgIpc) is 2.89. The molecule has 0 saturated heterocycles. The number of hydrogen-bond donors (Lipinski definition) is 0. The lowest BCUT2D eigenvalue weighted by molar-refractivity contribution is -0.137. The number of alkyl halides is 3. The van der Waals surface area contributed by atoms with Crippen LogP contribution in [-0.4, -0.2) is 16.0 Å². The van der Waals surface area contributed by atoms with E-state index in [1.54, 1.807) is 31.1 Å². The average molecular weight is 460 g/mol. The highest BCUT2D eigenvalue weighted by atomic mass is 32.2. The number of aryl methyl sites for hydroxylation is 1. The van der Waals surface area contributed by atoms with Crippen molar-refractivity contribution in [1.29, 1.82) is 0 Å². The van der Waals surface area contributed by atoms with Crippen molar-refractivity contribution in [2.45, 2.75) is 25.4 Å². The number of nitrogens with zero attached hydrogens (tertiary/aromatic N) is 2. The molecule has 3 nitrogen and oxygen atoms in total. The Labute approximate surface area is 186 Å². The molecule has 166 valence electrons. The van der Waals surface area contributed by atoms with E-state index in [1.165, 1.54) is 10.6 Å². The van der Waals surface area contributed by atoms with Crippen molar-refractivity contribution in [3.63, 3.8) is 0 Å². The molecule has 0 amide bonds. The van der Waals surface area contributed by atoms with E-state index in [0.717, 1.165) is 34.8 Å². The Kier molecular flexibility index (Phi) is 5.99. The minimum atomic E-state index is -4.74. The Morgan fingerprint density at radius 2 is 1.78 bits per heavy atom. The highest BCUT2D eigenvalue weighted by molar-refractivity contribution is 7.98. The topological polar surface area (TPSA) is 34.4 Å². The second-order valence-electron chi connectivity index (χ2n) is 7.53. The standard InChI is InChI=1S/C24H20F4N2OS/c1-3-32-13-14-4-6-17-19(8-14)20-12-30(2)22(31)9-15(20)11-29-23(17)18-7-5-16(25)10-21(18)24(26,27)28/h4-10,12H,3,11,13H2,1-2H3. The quantitative estimate of drug-likeness (QED) is 0.460. The van der Waals surface area contributed by atoms with E-state index < -0.39 is 17.6 Å². The van der Waals surface area contributed by atoms with E-state index in [9.17, 15) is 22.4 Å². The van der Waals surface area contributed by atoms with Gasteiger partial charge >= 0.3 is 6.18 Å². The molecule has 0 spiro atoms. The van der Waals surface area contributed by atoms with Gasteiger partial charge in [0.2, 0.25) is 0 Å². The Bertz CT molecular complexity index is 1280. The second-order valence-corrected chi connectivity index (χ2v) is 8.81. The van der Waals surface area contributed by atoms with Crippen LogP contribution in [0.2, 0.25) is 0 Å². The first-order valence-electron chi connectivity index (χ1n) is 10.0. The van der Waals surface area contributed by atoms with Gasteiger partial charge in [0.25, 0.3) is 5.56 Å². The summed E-state index contributed by atoms with van der Waals surface area (Å²) < 4.78 is 56.5. The lowest BCUT2D eigenvalue weighted by Crippen LogP contribution is -2.16. The predicted molar refractivity (Wildman–Crippen MR) is 120 cm³/mol. The zero-order valence-corrected chi connectivity index (χ0v) is 18.3. The predicted octanol–water partition coefficient (Wildman–Crippen LogP) is 5.81. The number of thioether (sulfide) groups is 1. The van der Waals surface area contributed by atoms with E-state index in [4.69, 9.17) is 0 Å². The molecule has 0 N–H and O–H groups in total. The van der Waals surface area contributed by atoms with Gasteiger partial charge in [-0.25, -0.2) is 4.39 Å². The molecule has 8 heteroatoms. The number of rotatable bonds is 4. The number of hydrogen-bond acceptors (Lipinski definition) is 3. The molecule has 0 radical (unpaired) electrons. The molecule has 1 aromatic heterocycles. The van der Waals surface area contributed by atoms with Crippen LogP contribution in [0.1, 0.15) is 34.7 Å². The van der Waals surface area contributed by atoms with Crippen LogP contribution in [-0.2, 0) is 25.5 Å². The van der Waals surface area contributed by atoms with Crippen LogP contribution in [0.15, 0.2) is 58.4 Å². The molecule has 3 aromatic rings. The first-order valence-corrected chi connectivity index (χ1v) is 11.2. The molecule has 4 rings (SSSR count). The van der Waals surface area contributed by atoms with Gasteiger partial charge in [0, 0.05) is 41.8 Å². The van der Waals surface area contributed by atoms with Gasteiger partial charge in [-0.3, -0.25) is 9.79 Å². The number of benzene rings is 2. The molecule has 0 fully saturated rings. The highest BCUT2D eigenvalue weighted by Crippen LogP contribution is 2.38. The Morgan fingerprint density at radius 3 is 2.50 bits per heavy atom. The summed E-state index contributed by atoms with van der Waals surface area (Å²) in [6.45, 7) is 2.10. The molecule has 0 aliphatic carbocycles. The minimum Gasteiger partial charge on any atom is -0.318 e. The van der Waals surface area contributed by atoms with Crippen LogP contribution in [0.25, 0.3) is 11.1 Å². The van der Waals surface area contributed by atoms with Crippen LogP contribution in [0.4, 0.5) is 17.6 Å². The lowest BCUT2D eigenvalue weighted by Gasteiger charge is -2.17. The molecule has 0 saturated carbocycles. The van der Waals surface area contributed by atoms with Gasteiger partial charge in [0.15, 0.2) is 0 Å². The third kappa shape index (κ3) is 4.24. The van der Waals surface area contributed by atoms with Gasteiger partial charge in [-0.15, -0.1) is 0 Å². The Morgan fingerprint density at radius 1 is 1.03 bits per heavy atom. The van der Waals surface area contributed by atoms with E-state index in [1.807, 2.05) is 12.1 Å². The molecule has 2 heterocycles. The zero-order valence-electron chi connectivity index (χ0n) is 17.5. The summed E-state index contributed by atoms with van der Waals surface area (Å²) in [5.74, 6) is 0.718. The smallest absolute Gasteiger partial charge is 0.318 e. The summed E-state index contributed by atoms with van der Waals surface area (Å²) in [6, 6.07) is 9.68. The largest absolute Gasteiger partial charge is 0.417 e. The summed E-state index contributed by atoms with van der Waals surface area (Å²) in [7, 11) is 1.63. The van der Waals surface area contributed by atoms with Crippen molar-refractivity contribution in [1.82, 2.24) is 4.57 Å². The minimum absolute atomic E-state index is 0.0448. The molecule has 32 heavy (non-hydrogen) atoms. The molecule has 1 aliphatic heterocycles. The first-order chi connectivity index (χ1) is 15.2. The fraction of sp³-hybridized carbons (Fsp3) is 0.250. The van der Waals surface area contributed by atoms with Gasteiger partial charge in [-0.2, -0.15) is 24.9 Å². The Hall–Kier alpha value is -2.87. The molecule has 0 atom stereocenters. The molecule has 0 unspecified atom stereocenters. The van der Waals surface area contributed by atoms with Crippen molar-refractivity contribution in [2.75, 3.05) is 5.75 Å². The van der Waals surface area contributed by atoms with Crippen LogP contribution in [0.3, 0.4) is 0 Å². The number of halogens is 4. The number of aliphatic imine (C=N–C) groups is 1. The fourth-order valence-corrected chi connectivity index (χ4v) is 4.43. The summed E-state index contributed by atoms with van der Waals surface area (Å²) >= 11 is 1.73. The number of fused-ring (bicyclic) bond motifs is 3. The van der Waals surface area contributed by atoms with Crippen molar-refractivity contribution in [3.8, 4) is 11.1 Å². The lowest BCUT2D eigenvalue weighted by atomic mass is 9.90. The third-order valence-corrected chi connectivity index (χ3v) is 6.31. The molecule has 0 bridgehead atoms. The number of aromatic nitrogens is 1. The van der Waals surface area contributed by atoms with Gasteiger partial charge in [-0.1, -0.05) is 19.1 Å². The maximum absolute atomic E-state index is 13.8. The van der Waals surface area contributed by atoms with Crippen molar-refractivity contribution >= 4 is 17.5 Å². The van der Waals surface area contributed by atoms with E-state index in [2.05, 4.69) is 11.9 Å². The molecule has 2 aromatic carbocycles. The van der Waals surface area contributed by atoms with Crippen molar-refractivity contribution in [3.05, 3.63) is 92.6 Å².